The lowest BCUT2D eigenvalue weighted by Crippen LogP contribution is -2.04. The lowest BCUT2D eigenvalue weighted by Gasteiger charge is -2.18. The Labute approximate surface area is 204 Å². The molecule has 0 aliphatic heterocycles. The van der Waals surface area contributed by atoms with Crippen LogP contribution >= 0.6 is 0 Å². The average Bonchev–Trinajstić information content (AvgIpc) is 3.48. The molecule has 2 aromatic heterocycles. The van der Waals surface area contributed by atoms with Gasteiger partial charge in [-0.3, -0.25) is 0 Å². The molecular formula is C33H23NO. The van der Waals surface area contributed by atoms with Gasteiger partial charge in [0.15, 0.2) is 0 Å². The number of hydrogen-bond donors (Lipinski definition) is 1. The standard InChI is InChI=1S/C33H23NO/c1-4-12-22(13-5-1)26-20-30-27(21-29(35-30)23-14-6-2-7-15-23)31(24-16-8-3-9-17-24)32-25-18-10-11-19-28(25)34-33(26)32/h1-21,31,34H. The van der Waals surface area contributed by atoms with Crippen LogP contribution in [0.5, 0.6) is 0 Å². The molecule has 0 bridgehead atoms. The van der Waals surface area contributed by atoms with Crippen molar-refractivity contribution in [3.63, 3.8) is 0 Å². The van der Waals surface area contributed by atoms with E-state index in [1.165, 1.54) is 22.1 Å². The Morgan fingerprint density at radius 1 is 0.629 bits per heavy atom. The summed E-state index contributed by atoms with van der Waals surface area (Å²) in [6.45, 7) is 0. The van der Waals surface area contributed by atoms with Gasteiger partial charge >= 0.3 is 0 Å². The minimum absolute atomic E-state index is 0.0380. The molecule has 0 radical (unpaired) electrons. The Balaban J connectivity index is 1.58. The van der Waals surface area contributed by atoms with E-state index in [4.69, 9.17) is 4.42 Å². The van der Waals surface area contributed by atoms with Crippen molar-refractivity contribution in [1.82, 2.24) is 4.98 Å². The van der Waals surface area contributed by atoms with E-state index in [2.05, 4.69) is 126 Å². The second-order valence-electron chi connectivity index (χ2n) is 9.02. The fourth-order valence-electron chi connectivity index (χ4n) is 5.37. The molecule has 7 rings (SSSR count). The van der Waals surface area contributed by atoms with Crippen molar-refractivity contribution in [3.05, 3.63) is 155 Å². The lowest BCUT2D eigenvalue weighted by atomic mass is 9.83. The van der Waals surface area contributed by atoms with E-state index in [1.54, 1.807) is 0 Å². The van der Waals surface area contributed by atoms with Crippen LogP contribution < -0.4 is 0 Å². The van der Waals surface area contributed by atoms with Crippen molar-refractivity contribution >= 4 is 22.6 Å². The van der Waals surface area contributed by atoms with Crippen LogP contribution in [-0.4, -0.2) is 4.98 Å². The number of furan rings is 1. The summed E-state index contributed by atoms with van der Waals surface area (Å²) in [7, 11) is 0. The molecule has 4 aromatic carbocycles. The predicted molar refractivity (Wildman–Crippen MR) is 143 cm³/mol. The summed E-state index contributed by atoms with van der Waals surface area (Å²) in [4.78, 5) is 3.77. The molecule has 1 atom stereocenters. The zero-order chi connectivity index (χ0) is 23.2. The quantitative estimate of drug-likeness (QED) is 0.288. The second-order valence-corrected chi connectivity index (χ2v) is 9.02. The molecule has 0 saturated heterocycles. The first-order chi connectivity index (χ1) is 17.4. The molecule has 1 unspecified atom stereocenters. The van der Waals surface area contributed by atoms with E-state index in [0.29, 0.717) is 0 Å². The van der Waals surface area contributed by atoms with E-state index in [-0.39, 0.29) is 5.92 Å². The van der Waals surface area contributed by atoms with Crippen LogP contribution in [0.25, 0.3) is 33.9 Å². The Hall–Kier alpha value is -4.56. The van der Waals surface area contributed by atoms with Gasteiger partial charge < -0.3 is 9.40 Å². The molecule has 2 heteroatoms. The number of hydrogen-bond acceptors (Lipinski definition) is 1. The van der Waals surface area contributed by atoms with Crippen molar-refractivity contribution < 1.29 is 4.42 Å². The first-order valence-corrected chi connectivity index (χ1v) is 12.0. The van der Waals surface area contributed by atoms with Crippen LogP contribution in [0.1, 0.15) is 39.6 Å². The highest BCUT2D eigenvalue weighted by Gasteiger charge is 2.32. The first-order valence-electron chi connectivity index (χ1n) is 12.0. The molecule has 0 fully saturated rings. The fraction of sp³-hybridized carbons (Fsp3) is 0.0303. The number of para-hydroxylation sites is 1. The first kappa shape index (κ1) is 19.9. The molecular weight excluding hydrogens is 426 g/mol. The number of fused-ring (bicyclic) bond motifs is 4. The highest BCUT2D eigenvalue weighted by atomic mass is 16.3. The molecule has 2 nitrogen and oxygen atoms in total. The van der Waals surface area contributed by atoms with E-state index < -0.39 is 0 Å². The van der Waals surface area contributed by atoms with Crippen LogP contribution in [0.3, 0.4) is 0 Å². The van der Waals surface area contributed by atoms with Crippen molar-refractivity contribution in [3.8, 4) is 11.3 Å². The number of aromatic nitrogens is 1. The third-order valence-electron chi connectivity index (χ3n) is 6.96. The van der Waals surface area contributed by atoms with Crippen molar-refractivity contribution in [2.45, 2.75) is 5.92 Å². The maximum atomic E-state index is 6.60. The predicted octanol–water partition coefficient (Wildman–Crippen LogP) is 8.51. The summed E-state index contributed by atoms with van der Waals surface area (Å²) < 4.78 is 6.60. The van der Waals surface area contributed by atoms with Crippen LogP contribution in [0.2, 0.25) is 0 Å². The molecule has 0 saturated carbocycles. The van der Waals surface area contributed by atoms with Crippen LogP contribution in [0.15, 0.2) is 126 Å². The topological polar surface area (TPSA) is 28.9 Å². The van der Waals surface area contributed by atoms with Gasteiger partial charge in [-0.05, 0) is 34.9 Å². The smallest absolute Gasteiger partial charge is 0.135 e. The summed E-state index contributed by atoms with van der Waals surface area (Å²) >= 11 is 0. The number of H-pyrrole nitrogens is 1. The minimum atomic E-state index is 0.0380. The highest BCUT2D eigenvalue weighted by Crippen LogP contribution is 2.48. The summed E-state index contributed by atoms with van der Waals surface area (Å²) in [5.41, 5.74) is 9.43. The van der Waals surface area contributed by atoms with E-state index in [9.17, 15) is 0 Å². The summed E-state index contributed by atoms with van der Waals surface area (Å²) in [5, 5.41) is 1.24. The molecule has 35 heavy (non-hydrogen) atoms. The zero-order valence-electron chi connectivity index (χ0n) is 19.1. The van der Waals surface area contributed by atoms with Gasteiger partial charge in [-0.2, -0.15) is 0 Å². The molecule has 1 aliphatic carbocycles. The van der Waals surface area contributed by atoms with Gasteiger partial charge in [0.05, 0.1) is 5.69 Å². The normalized spacial score (nSPS) is 14.7. The SMILES string of the molecule is C1=C(c2ccccc2)c2[nH]c3ccccc3c2C(c2ccccc2)c2cc(-c3ccccc3)oc21. The number of rotatable bonds is 3. The maximum absolute atomic E-state index is 6.60. The molecule has 6 aromatic rings. The van der Waals surface area contributed by atoms with Crippen LogP contribution in [-0.2, 0) is 0 Å². The van der Waals surface area contributed by atoms with Crippen molar-refractivity contribution in [2.24, 2.45) is 0 Å². The van der Waals surface area contributed by atoms with E-state index in [1.807, 2.05) is 6.07 Å². The van der Waals surface area contributed by atoms with Gasteiger partial charge in [0.2, 0.25) is 0 Å². The van der Waals surface area contributed by atoms with Crippen LogP contribution in [0, 0.1) is 0 Å². The minimum Gasteiger partial charge on any atom is -0.456 e. The molecule has 166 valence electrons. The number of nitrogens with one attached hydrogen (secondary N) is 1. The summed E-state index contributed by atoms with van der Waals surface area (Å²) in [6, 6.07) is 42.6. The summed E-state index contributed by atoms with van der Waals surface area (Å²) in [5.74, 6) is 1.84. The zero-order valence-corrected chi connectivity index (χ0v) is 19.1. The van der Waals surface area contributed by atoms with Gasteiger partial charge in [-0.25, -0.2) is 0 Å². The third-order valence-corrected chi connectivity index (χ3v) is 6.96. The molecule has 1 aliphatic rings. The molecule has 0 amide bonds. The van der Waals surface area contributed by atoms with E-state index >= 15 is 0 Å². The van der Waals surface area contributed by atoms with Crippen molar-refractivity contribution in [1.29, 1.82) is 0 Å². The average molecular weight is 450 g/mol. The highest BCUT2D eigenvalue weighted by molar-refractivity contribution is 6.00. The Morgan fingerprint density at radius 2 is 1.26 bits per heavy atom. The van der Waals surface area contributed by atoms with Crippen LogP contribution in [0.4, 0.5) is 0 Å². The Morgan fingerprint density at radius 3 is 2.00 bits per heavy atom. The van der Waals surface area contributed by atoms with E-state index in [0.717, 1.165) is 39.4 Å². The van der Waals surface area contributed by atoms with Gasteiger partial charge in [0, 0.05) is 33.5 Å². The Kier molecular flexibility index (Phi) is 4.56. The van der Waals surface area contributed by atoms with Gasteiger partial charge in [-0.15, -0.1) is 0 Å². The fourth-order valence-corrected chi connectivity index (χ4v) is 5.37. The van der Waals surface area contributed by atoms with Gasteiger partial charge in [0.1, 0.15) is 11.5 Å². The summed E-state index contributed by atoms with van der Waals surface area (Å²) in [6.07, 6.45) is 2.22. The van der Waals surface area contributed by atoms with Gasteiger partial charge in [-0.1, -0.05) is 109 Å². The van der Waals surface area contributed by atoms with Crippen molar-refractivity contribution in [2.75, 3.05) is 0 Å². The molecule has 0 spiro atoms. The third kappa shape index (κ3) is 3.26. The molecule has 2 heterocycles. The largest absolute Gasteiger partial charge is 0.456 e. The number of benzene rings is 4. The molecule has 1 N–H and O–H groups in total. The monoisotopic (exact) mass is 449 g/mol. The lowest BCUT2D eigenvalue weighted by molar-refractivity contribution is 0.567. The Bertz CT molecular complexity index is 1670. The van der Waals surface area contributed by atoms with Gasteiger partial charge in [0.25, 0.3) is 0 Å². The number of aromatic amines is 1. The second kappa shape index (κ2) is 8.03. The maximum Gasteiger partial charge on any atom is 0.135 e.